The zero-order valence-corrected chi connectivity index (χ0v) is 9.83. The number of nitrogens with one attached hydrogen (secondary N) is 1. The Morgan fingerprint density at radius 3 is 3.06 bits per heavy atom. The number of ether oxygens (including phenoxy) is 1. The van der Waals surface area contributed by atoms with Gasteiger partial charge in [-0.25, -0.2) is 0 Å². The molecule has 0 spiro atoms. The second-order valence-electron chi connectivity index (χ2n) is 4.03. The van der Waals surface area contributed by atoms with E-state index in [-0.39, 0.29) is 5.75 Å². The van der Waals surface area contributed by atoms with Gasteiger partial charge in [0.1, 0.15) is 5.75 Å². The molecule has 16 heavy (non-hydrogen) atoms. The topological polar surface area (TPSA) is 41.5 Å². The minimum atomic E-state index is 0.247. The van der Waals surface area contributed by atoms with Gasteiger partial charge in [0.15, 0.2) is 0 Å². The summed E-state index contributed by atoms with van der Waals surface area (Å²) in [6.07, 6.45) is 2.21. The van der Waals surface area contributed by atoms with E-state index >= 15 is 0 Å². The minimum absolute atomic E-state index is 0.247. The van der Waals surface area contributed by atoms with Gasteiger partial charge < -0.3 is 15.2 Å². The summed E-state index contributed by atoms with van der Waals surface area (Å²) in [6.45, 7) is 2.18. The summed E-state index contributed by atoms with van der Waals surface area (Å²) in [6, 6.07) is 5.55. The Balaban J connectivity index is 1.93. The van der Waals surface area contributed by atoms with Gasteiger partial charge in [0.2, 0.25) is 0 Å². The average molecular weight is 242 g/mol. The maximum absolute atomic E-state index is 9.67. The quantitative estimate of drug-likeness (QED) is 0.854. The highest BCUT2D eigenvalue weighted by Gasteiger charge is 2.14. The first kappa shape index (κ1) is 11.7. The number of hydrogen-bond donors (Lipinski definition) is 2. The van der Waals surface area contributed by atoms with Crippen molar-refractivity contribution < 1.29 is 9.84 Å². The molecule has 2 rings (SSSR count). The van der Waals surface area contributed by atoms with E-state index in [0.717, 1.165) is 31.6 Å². The maximum atomic E-state index is 9.67. The van der Waals surface area contributed by atoms with Crippen LogP contribution in [-0.2, 0) is 11.3 Å². The van der Waals surface area contributed by atoms with Crippen molar-refractivity contribution in [2.45, 2.75) is 25.4 Å². The fourth-order valence-electron chi connectivity index (χ4n) is 1.87. The standard InChI is InChI=1S/C12H16ClNO2/c13-11-4-1-5-12(15)10(11)7-14-9-3-2-6-16-8-9/h1,4-5,9,14-15H,2-3,6-8H2. The van der Waals surface area contributed by atoms with Crippen LogP contribution >= 0.6 is 11.6 Å². The summed E-state index contributed by atoms with van der Waals surface area (Å²) in [7, 11) is 0. The minimum Gasteiger partial charge on any atom is -0.508 e. The Morgan fingerprint density at radius 1 is 1.50 bits per heavy atom. The van der Waals surface area contributed by atoms with Crippen LogP contribution in [0, 0.1) is 0 Å². The van der Waals surface area contributed by atoms with Gasteiger partial charge in [-0.3, -0.25) is 0 Å². The van der Waals surface area contributed by atoms with Crippen LogP contribution in [0.1, 0.15) is 18.4 Å². The summed E-state index contributed by atoms with van der Waals surface area (Å²) < 4.78 is 5.37. The highest BCUT2D eigenvalue weighted by molar-refractivity contribution is 6.31. The number of phenolic OH excluding ortho intramolecular Hbond substituents is 1. The van der Waals surface area contributed by atoms with Gasteiger partial charge in [0, 0.05) is 29.8 Å². The Kier molecular flexibility index (Phi) is 4.04. The van der Waals surface area contributed by atoms with E-state index in [1.807, 2.05) is 0 Å². The molecule has 1 aromatic carbocycles. The molecule has 1 saturated heterocycles. The Bertz CT molecular complexity index is 331. The molecule has 1 aliphatic heterocycles. The first-order valence-electron chi connectivity index (χ1n) is 5.55. The summed E-state index contributed by atoms with van der Waals surface area (Å²) in [5.41, 5.74) is 0.759. The predicted octanol–water partition coefficient (Wildman–Crippen LogP) is 2.31. The lowest BCUT2D eigenvalue weighted by molar-refractivity contribution is 0.0699. The Morgan fingerprint density at radius 2 is 2.38 bits per heavy atom. The molecular weight excluding hydrogens is 226 g/mol. The van der Waals surface area contributed by atoms with Crippen LogP contribution in [-0.4, -0.2) is 24.4 Å². The molecule has 2 N–H and O–H groups in total. The second-order valence-corrected chi connectivity index (χ2v) is 4.44. The van der Waals surface area contributed by atoms with Crippen molar-refractivity contribution in [3.05, 3.63) is 28.8 Å². The fourth-order valence-corrected chi connectivity index (χ4v) is 2.11. The Labute approximate surface area is 100 Å². The third kappa shape index (κ3) is 2.88. The molecular formula is C12H16ClNO2. The molecule has 1 aromatic rings. The number of halogens is 1. The monoisotopic (exact) mass is 241 g/mol. The molecule has 0 radical (unpaired) electrons. The number of benzene rings is 1. The van der Waals surface area contributed by atoms with Crippen molar-refractivity contribution in [3.63, 3.8) is 0 Å². The number of phenols is 1. The second kappa shape index (κ2) is 5.53. The Hall–Kier alpha value is -0.770. The maximum Gasteiger partial charge on any atom is 0.121 e. The molecule has 1 unspecified atom stereocenters. The van der Waals surface area contributed by atoms with Gasteiger partial charge in [-0.15, -0.1) is 0 Å². The van der Waals surface area contributed by atoms with E-state index in [1.165, 1.54) is 0 Å². The zero-order valence-electron chi connectivity index (χ0n) is 9.08. The summed E-state index contributed by atoms with van der Waals surface area (Å²) >= 11 is 6.02. The summed E-state index contributed by atoms with van der Waals surface area (Å²) in [5, 5.41) is 13.6. The molecule has 0 aromatic heterocycles. The number of aromatic hydroxyl groups is 1. The molecule has 0 aliphatic carbocycles. The zero-order chi connectivity index (χ0) is 11.4. The van der Waals surface area contributed by atoms with E-state index in [2.05, 4.69) is 5.32 Å². The van der Waals surface area contributed by atoms with E-state index < -0.39 is 0 Å². The third-order valence-electron chi connectivity index (χ3n) is 2.82. The van der Waals surface area contributed by atoms with Crippen LogP contribution in [0.2, 0.25) is 5.02 Å². The molecule has 1 fully saturated rings. The molecule has 1 atom stereocenters. The molecule has 0 saturated carbocycles. The van der Waals surface area contributed by atoms with Gasteiger partial charge in [-0.05, 0) is 25.0 Å². The third-order valence-corrected chi connectivity index (χ3v) is 3.18. The van der Waals surface area contributed by atoms with Gasteiger partial charge in [0.05, 0.1) is 6.61 Å². The van der Waals surface area contributed by atoms with Crippen LogP contribution in [0.15, 0.2) is 18.2 Å². The van der Waals surface area contributed by atoms with E-state index in [9.17, 15) is 5.11 Å². The summed E-state index contributed by atoms with van der Waals surface area (Å²) in [4.78, 5) is 0. The molecule has 4 heteroatoms. The lowest BCUT2D eigenvalue weighted by atomic mass is 10.1. The molecule has 3 nitrogen and oxygen atoms in total. The van der Waals surface area contributed by atoms with Crippen LogP contribution in [0.25, 0.3) is 0 Å². The van der Waals surface area contributed by atoms with Gasteiger partial charge in [-0.1, -0.05) is 17.7 Å². The highest BCUT2D eigenvalue weighted by atomic mass is 35.5. The van der Waals surface area contributed by atoms with Crippen molar-refractivity contribution in [2.24, 2.45) is 0 Å². The predicted molar refractivity (Wildman–Crippen MR) is 63.8 cm³/mol. The van der Waals surface area contributed by atoms with Crippen LogP contribution < -0.4 is 5.32 Å². The SMILES string of the molecule is Oc1cccc(Cl)c1CNC1CCCOC1. The van der Waals surface area contributed by atoms with E-state index in [0.29, 0.717) is 17.6 Å². The average Bonchev–Trinajstić information content (AvgIpc) is 2.30. The van der Waals surface area contributed by atoms with Crippen LogP contribution in [0.4, 0.5) is 0 Å². The van der Waals surface area contributed by atoms with Crippen molar-refractivity contribution in [2.75, 3.05) is 13.2 Å². The first-order chi connectivity index (χ1) is 7.77. The van der Waals surface area contributed by atoms with Crippen LogP contribution in [0.3, 0.4) is 0 Å². The van der Waals surface area contributed by atoms with Gasteiger partial charge >= 0.3 is 0 Å². The molecule has 0 bridgehead atoms. The van der Waals surface area contributed by atoms with Crippen LogP contribution in [0.5, 0.6) is 5.75 Å². The fraction of sp³-hybridized carbons (Fsp3) is 0.500. The normalized spacial score (nSPS) is 20.9. The number of rotatable bonds is 3. The lowest BCUT2D eigenvalue weighted by Gasteiger charge is -2.23. The number of hydrogen-bond acceptors (Lipinski definition) is 3. The van der Waals surface area contributed by atoms with E-state index in [1.54, 1.807) is 18.2 Å². The highest BCUT2D eigenvalue weighted by Crippen LogP contribution is 2.25. The smallest absolute Gasteiger partial charge is 0.121 e. The van der Waals surface area contributed by atoms with Gasteiger partial charge in [0.25, 0.3) is 0 Å². The molecule has 1 heterocycles. The summed E-state index contributed by atoms with van der Waals surface area (Å²) in [5.74, 6) is 0.247. The first-order valence-corrected chi connectivity index (χ1v) is 5.92. The lowest BCUT2D eigenvalue weighted by Crippen LogP contribution is -2.36. The van der Waals surface area contributed by atoms with Crippen molar-refractivity contribution in [1.29, 1.82) is 0 Å². The molecule has 0 amide bonds. The molecule has 88 valence electrons. The largest absolute Gasteiger partial charge is 0.508 e. The van der Waals surface area contributed by atoms with E-state index in [4.69, 9.17) is 16.3 Å². The molecule has 1 aliphatic rings. The van der Waals surface area contributed by atoms with Crippen molar-refractivity contribution in [3.8, 4) is 5.75 Å². The van der Waals surface area contributed by atoms with Crippen molar-refractivity contribution >= 4 is 11.6 Å². The van der Waals surface area contributed by atoms with Gasteiger partial charge in [-0.2, -0.15) is 0 Å². The van der Waals surface area contributed by atoms with Crippen molar-refractivity contribution in [1.82, 2.24) is 5.32 Å².